The summed E-state index contributed by atoms with van der Waals surface area (Å²) in [5, 5.41) is 4.71. The van der Waals surface area contributed by atoms with Gasteiger partial charge in [-0.3, -0.25) is 9.59 Å². The van der Waals surface area contributed by atoms with Crippen molar-refractivity contribution in [1.82, 2.24) is 8.87 Å². The van der Waals surface area contributed by atoms with Crippen molar-refractivity contribution in [2.24, 2.45) is 5.92 Å². The fourth-order valence-corrected chi connectivity index (χ4v) is 7.09. The van der Waals surface area contributed by atoms with E-state index in [-0.39, 0.29) is 28.2 Å². The molecule has 0 unspecified atom stereocenters. The molecule has 3 heterocycles. The van der Waals surface area contributed by atoms with Crippen LogP contribution in [-0.4, -0.2) is 36.3 Å². The van der Waals surface area contributed by atoms with Crippen molar-refractivity contribution in [1.29, 1.82) is 0 Å². The molecule has 2 aliphatic heterocycles. The van der Waals surface area contributed by atoms with Gasteiger partial charge in [-0.25, -0.2) is 8.42 Å². The quantitative estimate of drug-likeness (QED) is 0.459. The third-order valence-corrected chi connectivity index (χ3v) is 9.08. The van der Waals surface area contributed by atoms with Crippen molar-refractivity contribution in [2.75, 3.05) is 18.4 Å². The standard InChI is InChI=1S/C28H25N3O4S/c32-27-10-4-9-26-21-15-19(17-31(26)27)16-30(18-21)36(34,35)23-13-11-22(12-14-23)29-28(33)25-8-3-6-20-5-1-2-7-24(20)25/h1-14,19,21H,15-18H2,(H,29,33)/t19-,21-/m0/s1. The van der Waals surface area contributed by atoms with E-state index in [9.17, 15) is 18.0 Å². The van der Waals surface area contributed by atoms with Crippen LogP contribution in [0.25, 0.3) is 10.8 Å². The number of nitrogens with one attached hydrogen (secondary N) is 1. The number of sulfonamides is 1. The fourth-order valence-electron chi connectivity index (χ4n) is 5.53. The lowest BCUT2D eigenvalue weighted by Gasteiger charge is -2.42. The molecule has 182 valence electrons. The molecule has 6 rings (SSSR count). The van der Waals surface area contributed by atoms with Gasteiger partial charge in [0, 0.05) is 48.6 Å². The van der Waals surface area contributed by atoms with E-state index in [1.165, 1.54) is 16.4 Å². The summed E-state index contributed by atoms with van der Waals surface area (Å²) in [5.41, 5.74) is 1.96. The van der Waals surface area contributed by atoms with Crippen molar-refractivity contribution < 1.29 is 13.2 Å². The maximum atomic E-state index is 13.5. The Hall–Kier alpha value is -3.75. The van der Waals surface area contributed by atoms with Crippen LogP contribution >= 0.6 is 0 Å². The van der Waals surface area contributed by atoms with Crippen LogP contribution < -0.4 is 10.9 Å². The molecule has 1 aromatic heterocycles. The first kappa shape index (κ1) is 22.7. The van der Waals surface area contributed by atoms with E-state index in [0.29, 0.717) is 30.9 Å². The Balaban J connectivity index is 1.21. The van der Waals surface area contributed by atoms with Gasteiger partial charge in [0.2, 0.25) is 10.0 Å². The largest absolute Gasteiger partial charge is 0.322 e. The van der Waals surface area contributed by atoms with Gasteiger partial charge in [-0.05, 0) is 59.5 Å². The number of nitrogens with zero attached hydrogens (tertiary/aromatic N) is 2. The Morgan fingerprint density at radius 3 is 2.42 bits per heavy atom. The number of carbonyl (C=O) groups excluding carboxylic acids is 1. The monoisotopic (exact) mass is 499 g/mol. The van der Waals surface area contributed by atoms with Gasteiger partial charge in [0.1, 0.15) is 0 Å². The Kier molecular flexibility index (Phi) is 5.50. The van der Waals surface area contributed by atoms with Crippen LogP contribution in [0.3, 0.4) is 0 Å². The Morgan fingerprint density at radius 2 is 1.58 bits per heavy atom. The Labute approximate surface area is 209 Å². The lowest BCUT2D eigenvalue weighted by atomic mass is 9.84. The van der Waals surface area contributed by atoms with Crippen LogP contribution in [-0.2, 0) is 16.6 Å². The zero-order valence-corrected chi connectivity index (χ0v) is 20.3. The van der Waals surface area contributed by atoms with Gasteiger partial charge in [0.05, 0.1) is 4.90 Å². The summed E-state index contributed by atoms with van der Waals surface area (Å²) in [6.45, 7) is 1.28. The predicted molar refractivity (Wildman–Crippen MR) is 139 cm³/mol. The van der Waals surface area contributed by atoms with Gasteiger partial charge in [-0.15, -0.1) is 0 Å². The normalized spacial score (nSPS) is 19.6. The predicted octanol–water partition coefficient (Wildman–Crippen LogP) is 4.06. The number of amides is 1. The second kappa shape index (κ2) is 8.72. The van der Waals surface area contributed by atoms with Crippen LogP contribution in [0.2, 0.25) is 0 Å². The molecule has 1 fully saturated rings. The number of hydrogen-bond acceptors (Lipinski definition) is 4. The molecule has 1 saturated heterocycles. The maximum Gasteiger partial charge on any atom is 0.256 e. The summed E-state index contributed by atoms with van der Waals surface area (Å²) in [6.07, 6.45) is 0.884. The third kappa shape index (κ3) is 3.92. The van der Waals surface area contributed by atoms with Crippen molar-refractivity contribution in [2.45, 2.75) is 23.8 Å². The van der Waals surface area contributed by atoms with Gasteiger partial charge >= 0.3 is 0 Å². The minimum Gasteiger partial charge on any atom is -0.322 e. The smallest absolute Gasteiger partial charge is 0.256 e. The lowest BCUT2D eigenvalue weighted by molar-refractivity contribution is 0.102. The Bertz CT molecular complexity index is 1640. The summed E-state index contributed by atoms with van der Waals surface area (Å²) in [4.78, 5) is 25.4. The van der Waals surface area contributed by atoms with Crippen molar-refractivity contribution in [3.8, 4) is 0 Å². The van der Waals surface area contributed by atoms with Crippen LogP contribution in [0.5, 0.6) is 0 Å². The summed E-state index contributed by atoms with van der Waals surface area (Å²) in [6, 6.07) is 24.8. The van der Waals surface area contributed by atoms with E-state index in [0.717, 1.165) is 22.9 Å². The molecule has 0 saturated carbocycles. The number of piperidine rings is 1. The van der Waals surface area contributed by atoms with E-state index in [1.54, 1.807) is 34.9 Å². The van der Waals surface area contributed by atoms with Gasteiger partial charge in [0.25, 0.3) is 11.5 Å². The van der Waals surface area contributed by atoms with Crippen molar-refractivity contribution in [3.05, 3.63) is 107 Å². The zero-order valence-electron chi connectivity index (χ0n) is 19.5. The van der Waals surface area contributed by atoms with Crippen LogP contribution in [0.4, 0.5) is 5.69 Å². The lowest BCUT2D eigenvalue weighted by Crippen LogP contribution is -2.48. The van der Waals surface area contributed by atoms with E-state index >= 15 is 0 Å². The van der Waals surface area contributed by atoms with E-state index in [2.05, 4.69) is 5.32 Å². The van der Waals surface area contributed by atoms with Gasteiger partial charge in [-0.1, -0.05) is 42.5 Å². The maximum absolute atomic E-state index is 13.5. The van der Waals surface area contributed by atoms with Crippen LogP contribution in [0, 0.1) is 5.92 Å². The molecule has 1 N–H and O–H groups in total. The molecular formula is C28H25N3O4S. The number of hydrogen-bond donors (Lipinski definition) is 1. The average molecular weight is 500 g/mol. The number of rotatable bonds is 4. The summed E-state index contributed by atoms with van der Waals surface area (Å²) >= 11 is 0. The van der Waals surface area contributed by atoms with E-state index < -0.39 is 10.0 Å². The highest BCUT2D eigenvalue weighted by Crippen LogP contribution is 2.37. The van der Waals surface area contributed by atoms with E-state index in [4.69, 9.17) is 0 Å². The molecule has 1 amide bonds. The summed E-state index contributed by atoms with van der Waals surface area (Å²) in [5.74, 6) is -0.147. The second-order valence-electron chi connectivity index (χ2n) is 9.53. The first-order valence-electron chi connectivity index (χ1n) is 12.0. The molecule has 3 aromatic carbocycles. The molecule has 2 bridgehead atoms. The number of anilines is 1. The first-order valence-corrected chi connectivity index (χ1v) is 13.4. The highest BCUT2D eigenvalue weighted by atomic mass is 32.2. The van der Waals surface area contributed by atoms with Crippen LogP contribution in [0.15, 0.2) is 94.6 Å². The third-order valence-electron chi connectivity index (χ3n) is 7.23. The highest BCUT2D eigenvalue weighted by Gasteiger charge is 2.39. The molecular weight excluding hydrogens is 474 g/mol. The number of carbonyl (C=O) groups is 1. The SMILES string of the molecule is O=C(Nc1ccc(S(=O)(=O)N2C[C@@H]3C[C@@H](C2)c2cccc(=O)n2C3)cc1)c1cccc2ccccc12. The average Bonchev–Trinajstić information content (AvgIpc) is 2.89. The zero-order chi connectivity index (χ0) is 24.9. The molecule has 2 aliphatic rings. The van der Waals surface area contributed by atoms with Gasteiger partial charge in [0.15, 0.2) is 0 Å². The van der Waals surface area contributed by atoms with E-state index in [1.807, 2.05) is 42.5 Å². The summed E-state index contributed by atoms with van der Waals surface area (Å²) in [7, 11) is -3.71. The van der Waals surface area contributed by atoms with Crippen molar-refractivity contribution in [3.63, 3.8) is 0 Å². The molecule has 36 heavy (non-hydrogen) atoms. The number of pyridine rings is 1. The molecule has 4 aromatic rings. The fraction of sp³-hybridized carbons (Fsp3) is 0.214. The van der Waals surface area contributed by atoms with Crippen LogP contribution in [0.1, 0.15) is 28.4 Å². The molecule has 0 aliphatic carbocycles. The highest BCUT2D eigenvalue weighted by molar-refractivity contribution is 7.89. The van der Waals surface area contributed by atoms with Gasteiger partial charge in [-0.2, -0.15) is 4.31 Å². The number of aromatic nitrogens is 1. The second-order valence-corrected chi connectivity index (χ2v) is 11.5. The minimum absolute atomic E-state index is 0.000400. The minimum atomic E-state index is -3.71. The number of fused-ring (bicyclic) bond motifs is 5. The first-order chi connectivity index (χ1) is 17.4. The molecule has 0 radical (unpaired) electrons. The molecule has 8 heteroatoms. The molecule has 7 nitrogen and oxygen atoms in total. The molecule has 2 atom stereocenters. The topological polar surface area (TPSA) is 88.5 Å². The summed E-state index contributed by atoms with van der Waals surface area (Å²) < 4.78 is 30.3. The van der Waals surface area contributed by atoms with Crippen molar-refractivity contribution >= 4 is 32.4 Å². The number of benzene rings is 3. The van der Waals surface area contributed by atoms with Gasteiger partial charge < -0.3 is 9.88 Å². The Morgan fingerprint density at radius 1 is 0.833 bits per heavy atom. The molecule has 0 spiro atoms.